The van der Waals surface area contributed by atoms with Crippen molar-refractivity contribution in [3.05, 3.63) is 0 Å². The molecule has 0 bridgehead atoms. The van der Waals surface area contributed by atoms with Gasteiger partial charge < -0.3 is 4.74 Å². The standard InChI is InChI=1S/C16H27IO2/c1-15(2,12-17)14(18)19-16(10-6-7-11-16)13-8-4-3-5-9-13/h13H,3-12H2,1-2H3. The van der Waals surface area contributed by atoms with Crippen LogP contribution in [0.3, 0.4) is 0 Å². The topological polar surface area (TPSA) is 26.3 Å². The Hall–Kier alpha value is 0.200. The summed E-state index contributed by atoms with van der Waals surface area (Å²) in [5.74, 6) is 0.645. The molecule has 0 aromatic carbocycles. The predicted octanol–water partition coefficient (Wildman–Crippen LogP) is 4.88. The summed E-state index contributed by atoms with van der Waals surface area (Å²) in [4.78, 5) is 12.5. The quantitative estimate of drug-likeness (QED) is 0.396. The van der Waals surface area contributed by atoms with Crippen LogP contribution < -0.4 is 0 Å². The van der Waals surface area contributed by atoms with Gasteiger partial charge in [-0.25, -0.2) is 0 Å². The Kier molecular flexibility index (Phi) is 5.18. The van der Waals surface area contributed by atoms with Crippen molar-refractivity contribution in [2.24, 2.45) is 11.3 Å². The van der Waals surface area contributed by atoms with E-state index in [-0.39, 0.29) is 17.0 Å². The number of ether oxygens (including phenoxy) is 1. The Morgan fingerprint density at radius 2 is 1.74 bits per heavy atom. The van der Waals surface area contributed by atoms with Crippen LogP contribution in [0.15, 0.2) is 0 Å². The molecule has 2 aliphatic carbocycles. The minimum atomic E-state index is -0.342. The van der Waals surface area contributed by atoms with Crippen molar-refractivity contribution in [1.29, 1.82) is 0 Å². The molecule has 2 aliphatic rings. The first-order chi connectivity index (χ1) is 9.00. The Morgan fingerprint density at radius 1 is 1.16 bits per heavy atom. The van der Waals surface area contributed by atoms with Crippen molar-refractivity contribution in [2.45, 2.75) is 77.2 Å². The second kappa shape index (κ2) is 6.31. The Bertz CT molecular complexity index is 313. The van der Waals surface area contributed by atoms with Crippen LogP contribution in [0.4, 0.5) is 0 Å². The van der Waals surface area contributed by atoms with E-state index in [1.54, 1.807) is 0 Å². The lowest BCUT2D eigenvalue weighted by atomic mass is 9.75. The Balaban J connectivity index is 2.09. The molecule has 0 unspecified atom stereocenters. The molecule has 2 nitrogen and oxygen atoms in total. The van der Waals surface area contributed by atoms with Crippen molar-refractivity contribution in [2.75, 3.05) is 4.43 Å². The lowest BCUT2D eigenvalue weighted by Crippen LogP contribution is -2.44. The van der Waals surface area contributed by atoms with Crippen LogP contribution in [0.2, 0.25) is 0 Å². The second-order valence-corrected chi connectivity index (χ2v) is 7.78. The highest BCUT2D eigenvalue weighted by atomic mass is 127. The summed E-state index contributed by atoms with van der Waals surface area (Å²) in [7, 11) is 0. The second-order valence-electron chi connectivity index (χ2n) is 7.01. The van der Waals surface area contributed by atoms with E-state index in [4.69, 9.17) is 4.74 Å². The number of esters is 1. The van der Waals surface area contributed by atoms with Gasteiger partial charge in [0.25, 0.3) is 0 Å². The SMILES string of the molecule is CC(C)(CI)C(=O)OC1(C2CCCCC2)CCCC1. The van der Waals surface area contributed by atoms with Crippen LogP contribution in [-0.2, 0) is 9.53 Å². The molecule has 2 saturated carbocycles. The lowest BCUT2D eigenvalue weighted by molar-refractivity contribution is -0.176. The average molecular weight is 378 g/mol. The average Bonchev–Trinajstić information content (AvgIpc) is 2.89. The largest absolute Gasteiger partial charge is 0.458 e. The summed E-state index contributed by atoms with van der Waals surface area (Å²) in [5.41, 5.74) is -0.453. The van der Waals surface area contributed by atoms with Crippen molar-refractivity contribution >= 4 is 28.6 Å². The minimum Gasteiger partial charge on any atom is -0.458 e. The zero-order chi connectivity index (χ0) is 13.9. The third-order valence-electron chi connectivity index (χ3n) is 4.98. The van der Waals surface area contributed by atoms with Crippen LogP contribution in [-0.4, -0.2) is 16.0 Å². The van der Waals surface area contributed by atoms with Gasteiger partial charge in [0.2, 0.25) is 0 Å². The predicted molar refractivity (Wildman–Crippen MR) is 86.5 cm³/mol. The van der Waals surface area contributed by atoms with Crippen LogP contribution in [0.1, 0.15) is 71.6 Å². The molecule has 0 atom stereocenters. The van der Waals surface area contributed by atoms with Crippen molar-refractivity contribution < 1.29 is 9.53 Å². The van der Waals surface area contributed by atoms with Crippen molar-refractivity contribution in [1.82, 2.24) is 0 Å². The van der Waals surface area contributed by atoms with E-state index < -0.39 is 0 Å². The molecular formula is C16H27IO2. The molecule has 0 N–H and O–H groups in total. The number of rotatable bonds is 4. The maximum Gasteiger partial charge on any atom is 0.312 e. The van der Waals surface area contributed by atoms with Crippen molar-refractivity contribution in [3.63, 3.8) is 0 Å². The highest BCUT2D eigenvalue weighted by Crippen LogP contribution is 2.46. The first kappa shape index (κ1) is 15.6. The van der Waals surface area contributed by atoms with Crippen LogP contribution in [0.25, 0.3) is 0 Å². The smallest absolute Gasteiger partial charge is 0.312 e. The van der Waals surface area contributed by atoms with Gasteiger partial charge >= 0.3 is 5.97 Å². The molecule has 0 saturated heterocycles. The van der Waals surface area contributed by atoms with E-state index in [1.165, 1.54) is 44.9 Å². The van der Waals surface area contributed by atoms with E-state index in [2.05, 4.69) is 22.6 Å². The molecule has 0 radical (unpaired) electrons. The zero-order valence-electron chi connectivity index (χ0n) is 12.3. The van der Waals surface area contributed by atoms with E-state index in [0.717, 1.165) is 17.3 Å². The molecule has 0 aromatic rings. The molecule has 0 spiro atoms. The van der Waals surface area contributed by atoms with E-state index >= 15 is 0 Å². The van der Waals surface area contributed by atoms with Gasteiger partial charge in [-0.2, -0.15) is 0 Å². The van der Waals surface area contributed by atoms with Crippen molar-refractivity contribution in [3.8, 4) is 0 Å². The van der Waals surface area contributed by atoms with Gasteiger partial charge in [-0.1, -0.05) is 41.9 Å². The molecular weight excluding hydrogens is 351 g/mol. The van der Waals surface area contributed by atoms with Crippen LogP contribution in [0, 0.1) is 11.3 Å². The summed E-state index contributed by atoms with van der Waals surface area (Å²) in [6, 6.07) is 0. The number of halogens is 1. The number of hydrogen-bond donors (Lipinski definition) is 0. The molecule has 2 rings (SSSR count). The fourth-order valence-electron chi connectivity index (χ4n) is 3.57. The number of alkyl halides is 1. The molecule has 19 heavy (non-hydrogen) atoms. The summed E-state index contributed by atoms with van der Waals surface area (Å²) in [6.07, 6.45) is 11.2. The number of carbonyl (C=O) groups excluding carboxylic acids is 1. The monoisotopic (exact) mass is 378 g/mol. The van der Waals surface area contributed by atoms with E-state index in [1.807, 2.05) is 13.8 Å². The highest BCUT2D eigenvalue weighted by molar-refractivity contribution is 14.1. The minimum absolute atomic E-state index is 0.0226. The fraction of sp³-hybridized carbons (Fsp3) is 0.938. The van der Waals surface area contributed by atoms with E-state index in [9.17, 15) is 4.79 Å². The summed E-state index contributed by atoms with van der Waals surface area (Å²) >= 11 is 2.29. The number of hydrogen-bond acceptors (Lipinski definition) is 2. The molecule has 0 aromatic heterocycles. The highest BCUT2D eigenvalue weighted by Gasteiger charge is 2.46. The van der Waals surface area contributed by atoms with Gasteiger partial charge in [0.05, 0.1) is 5.41 Å². The first-order valence-corrected chi connectivity index (χ1v) is 9.32. The van der Waals surface area contributed by atoms with Gasteiger partial charge in [-0.15, -0.1) is 0 Å². The lowest BCUT2D eigenvalue weighted by Gasteiger charge is -2.41. The number of carbonyl (C=O) groups is 1. The van der Waals surface area contributed by atoms with Gasteiger partial charge in [-0.05, 0) is 58.3 Å². The van der Waals surface area contributed by atoms with Gasteiger partial charge in [0.1, 0.15) is 5.60 Å². The summed E-state index contributed by atoms with van der Waals surface area (Å²) in [6.45, 7) is 4.01. The normalized spacial score (nSPS) is 24.4. The third-order valence-corrected chi connectivity index (χ3v) is 6.89. The zero-order valence-corrected chi connectivity index (χ0v) is 14.5. The molecule has 0 heterocycles. The Morgan fingerprint density at radius 3 is 2.26 bits per heavy atom. The van der Waals surface area contributed by atoms with Gasteiger partial charge in [0.15, 0.2) is 0 Å². The summed E-state index contributed by atoms with van der Waals surface area (Å²) < 4.78 is 6.97. The van der Waals surface area contributed by atoms with Gasteiger partial charge in [-0.3, -0.25) is 4.79 Å². The molecule has 2 fully saturated rings. The molecule has 0 amide bonds. The maximum atomic E-state index is 12.5. The molecule has 3 heteroatoms. The fourth-order valence-corrected chi connectivity index (χ4v) is 3.88. The Labute approximate surface area is 131 Å². The van der Waals surface area contributed by atoms with Crippen LogP contribution in [0.5, 0.6) is 0 Å². The van der Waals surface area contributed by atoms with E-state index in [0.29, 0.717) is 5.92 Å². The van der Waals surface area contributed by atoms with Crippen LogP contribution >= 0.6 is 22.6 Å². The summed E-state index contributed by atoms with van der Waals surface area (Å²) in [5, 5.41) is 0. The first-order valence-electron chi connectivity index (χ1n) is 7.80. The molecule has 0 aliphatic heterocycles. The maximum absolute atomic E-state index is 12.5. The molecule has 110 valence electrons. The third kappa shape index (κ3) is 3.45. The van der Waals surface area contributed by atoms with Gasteiger partial charge in [0, 0.05) is 4.43 Å².